The predicted octanol–water partition coefficient (Wildman–Crippen LogP) is 3.45. The van der Waals surface area contributed by atoms with E-state index in [0.717, 1.165) is 0 Å². The first-order valence-electron chi connectivity index (χ1n) is 9.42. The topological polar surface area (TPSA) is 100 Å². The van der Waals surface area contributed by atoms with Crippen LogP contribution in [0.2, 0.25) is 0 Å². The maximum atomic E-state index is 12.2. The fourth-order valence-corrected chi connectivity index (χ4v) is 2.46. The molecule has 0 atom stereocenters. The van der Waals surface area contributed by atoms with E-state index in [4.69, 9.17) is 18.9 Å². The molecule has 30 heavy (non-hydrogen) atoms. The van der Waals surface area contributed by atoms with Gasteiger partial charge in [0.15, 0.2) is 18.1 Å². The number of benzene rings is 2. The highest BCUT2D eigenvalue weighted by atomic mass is 16.5. The highest BCUT2D eigenvalue weighted by Gasteiger charge is 2.15. The minimum absolute atomic E-state index is 0.0493. The zero-order chi connectivity index (χ0) is 22.1. The van der Waals surface area contributed by atoms with Crippen LogP contribution in [0.1, 0.15) is 41.5 Å². The van der Waals surface area contributed by atoms with Gasteiger partial charge in [-0.3, -0.25) is 4.79 Å². The quantitative estimate of drug-likeness (QED) is 0.626. The number of carbonyl (C=O) groups excluding carboxylic acids is 3. The first-order chi connectivity index (χ1) is 14.3. The van der Waals surface area contributed by atoms with Gasteiger partial charge in [-0.1, -0.05) is 0 Å². The van der Waals surface area contributed by atoms with Crippen molar-refractivity contribution in [3.05, 3.63) is 53.6 Å². The van der Waals surface area contributed by atoms with E-state index in [1.807, 2.05) is 13.8 Å². The number of methoxy groups -OCH3 is 1. The molecule has 0 saturated carbocycles. The van der Waals surface area contributed by atoms with Gasteiger partial charge < -0.3 is 24.3 Å². The van der Waals surface area contributed by atoms with Crippen molar-refractivity contribution in [1.82, 2.24) is 0 Å². The second kappa shape index (κ2) is 10.8. The molecule has 0 aliphatic rings. The van der Waals surface area contributed by atoms with Gasteiger partial charge in [-0.05, 0) is 63.2 Å². The van der Waals surface area contributed by atoms with Crippen LogP contribution in [0, 0.1) is 0 Å². The molecule has 8 heteroatoms. The third-order valence-electron chi connectivity index (χ3n) is 3.78. The molecule has 0 heterocycles. The Morgan fingerprint density at radius 2 is 1.53 bits per heavy atom. The van der Waals surface area contributed by atoms with Crippen molar-refractivity contribution in [3.8, 4) is 11.5 Å². The summed E-state index contributed by atoms with van der Waals surface area (Å²) in [5, 5.41) is 2.59. The van der Waals surface area contributed by atoms with Crippen molar-refractivity contribution in [2.24, 2.45) is 0 Å². The molecule has 0 aromatic heterocycles. The van der Waals surface area contributed by atoms with Gasteiger partial charge in [0.2, 0.25) is 0 Å². The fraction of sp³-hybridized carbons (Fsp3) is 0.318. The van der Waals surface area contributed by atoms with Crippen LogP contribution in [0.15, 0.2) is 42.5 Å². The van der Waals surface area contributed by atoms with Gasteiger partial charge in [0.05, 0.1) is 30.9 Å². The van der Waals surface area contributed by atoms with Crippen LogP contribution in [0.3, 0.4) is 0 Å². The maximum Gasteiger partial charge on any atom is 0.338 e. The molecule has 2 aromatic rings. The second-order valence-electron chi connectivity index (χ2n) is 6.45. The SMILES string of the molecule is CCOC(=O)c1ccc(NC(=O)COC(=O)c2ccc(OC(C)C)c(OC)c2)cc1. The van der Waals surface area contributed by atoms with Crippen molar-refractivity contribution in [1.29, 1.82) is 0 Å². The van der Waals surface area contributed by atoms with E-state index in [9.17, 15) is 14.4 Å². The Labute approximate surface area is 175 Å². The van der Waals surface area contributed by atoms with Crippen LogP contribution in [-0.4, -0.2) is 44.3 Å². The molecule has 0 aliphatic carbocycles. The van der Waals surface area contributed by atoms with E-state index in [1.165, 1.54) is 31.4 Å². The average Bonchev–Trinajstić information content (AvgIpc) is 2.72. The Balaban J connectivity index is 1.91. The third-order valence-corrected chi connectivity index (χ3v) is 3.78. The van der Waals surface area contributed by atoms with Crippen LogP contribution < -0.4 is 14.8 Å². The van der Waals surface area contributed by atoms with Gasteiger partial charge in [-0.2, -0.15) is 0 Å². The number of esters is 2. The molecule has 0 unspecified atom stereocenters. The van der Waals surface area contributed by atoms with Gasteiger partial charge in [-0.25, -0.2) is 9.59 Å². The van der Waals surface area contributed by atoms with Crippen LogP contribution in [0.25, 0.3) is 0 Å². The molecule has 2 aromatic carbocycles. The molecule has 0 saturated heterocycles. The van der Waals surface area contributed by atoms with E-state index in [-0.39, 0.29) is 18.3 Å². The molecule has 1 N–H and O–H groups in total. The number of rotatable bonds is 9. The van der Waals surface area contributed by atoms with Crippen molar-refractivity contribution in [3.63, 3.8) is 0 Å². The Morgan fingerprint density at radius 3 is 2.13 bits per heavy atom. The Bertz CT molecular complexity index is 891. The standard InChI is InChI=1S/C22H25NO7/c1-5-28-21(25)15-6-9-17(10-7-15)23-20(24)13-29-22(26)16-8-11-18(30-14(2)3)19(12-16)27-4/h6-12,14H,5,13H2,1-4H3,(H,23,24). The van der Waals surface area contributed by atoms with Crippen LogP contribution in [0.5, 0.6) is 11.5 Å². The zero-order valence-corrected chi connectivity index (χ0v) is 17.4. The predicted molar refractivity (Wildman–Crippen MR) is 110 cm³/mol. The summed E-state index contributed by atoms with van der Waals surface area (Å²) in [6.45, 7) is 5.29. The number of amides is 1. The Morgan fingerprint density at radius 1 is 0.900 bits per heavy atom. The summed E-state index contributed by atoms with van der Waals surface area (Å²) in [4.78, 5) is 35.9. The number of hydrogen-bond donors (Lipinski definition) is 1. The zero-order valence-electron chi connectivity index (χ0n) is 17.4. The van der Waals surface area contributed by atoms with E-state index >= 15 is 0 Å². The van der Waals surface area contributed by atoms with Gasteiger partial charge in [0.1, 0.15) is 0 Å². The lowest BCUT2D eigenvalue weighted by atomic mass is 10.2. The average molecular weight is 415 g/mol. The summed E-state index contributed by atoms with van der Waals surface area (Å²) in [6, 6.07) is 10.8. The molecule has 0 radical (unpaired) electrons. The highest BCUT2D eigenvalue weighted by molar-refractivity contribution is 5.96. The molecule has 2 rings (SSSR count). The lowest BCUT2D eigenvalue weighted by Crippen LogP contribution is -2.21. The summed E-state index contributed by atoms with van der Waals surface area (Å²) in [5.41, 5.74) is 1.07. The Hall–Kier alpha value is -3.55. The highest BCUT2D eigenvalue weighted by Crippen LogP contribution is 2.29. The van der Waals surface area contributed by atoms with E-state index in [2.05, 4.69) is 5.32 Å². The Kier molecular flexibility index (Phi) is 8.22. The minimum Gasteiger partial charge on any atom is -0.493 e. The van der Waals surface area contributed by atoms with Crippen LogP contribution >= 0.6 is 0 Å². The van der Waals surface area contributed by atoms with Crippen molar-refractivity contribution in [2.75, 3.05) is 25.6 Å². The van der Waals surface area contributed by atoms with Crippen molar-refractivity contribution in [2.45, 2.75) is 26.9 Å². The summed E-state index contributed by atoms with van der Waals surface area (Å²) in [7, 11) is 1.47. The summed E-state index contributed by atoms with van der Waals surface area (Å²) < 4.78 is 20.8. The number of nitrogens with one attached hydrogen (secondary N) is 1. The van der Waals surface area contributed by atoms with E-state index in [1.54, 1.807) is 25.1 Å². The molecular weight excluding hydrogens is 390 g/mol. The monoisotopic (exact) mass is 415 g/mol. The van der Waals surface area contributed by atoms with E-state index < -0.39 is 24.5 Å². The first kappa shape index (κ1) is 22.7. The molecule has 0 fully saturated rings. The molecule has 160 valence electrons. The largest absolute Gasteiger partial charge is 0.493 e. The van der Waals surface area contributed by atoms with Gasteiger partial charge in [-0.15, -0.1) is 0 Å². The van der Waals surface area contributed by atoms with Crippen LogP contribution in [0.4, 0.5) is 5.69 Å². The van der Waals surface area contributed by atoms with Gasteiger partial charge in [0.25, 0.3) is 5.91 Å². The number of carbonyl (C=O) groups is 3. The second-order valence-corrected chi connectivity index (χ2v) is 6.45. The lowest BCUT2D eigenvalue weighted by molar-refractivity contribution is -0.119. The van der Waals surface area contributed by atoms with Gasteiger partial charge >= 0.3 is 11.9 Å². The molecule has 8 nitrogen and oxygen atoms in total. The summed E-state index contributed by atoms with van der Waals surface area (Å²) in [6.07, 6.45) is -0.0493. The smallest absolute Gasteiger partial charge is 0.338 e. The number of hydrogen-bond acceptors (Lipinski definition) is 7. The summed E-state index contributed by atoms with van der Waals surface area (Å²) >= 11 is 0. The molecule has 1 amide bonds. The van der Waals surface area contributed by atoms with E-state index in [0.29, 0.717) is 22.7 Å². The minimum atomic E-state index is -0.669. The van der Waals surface area contributed by atoms with Crippen molar-refractivity contribution < 1.29 is 33.3 Å². The molecule has 0 bridgehead atoms. The van der Waals surface area contributed by atoms with Crippen LogP contribution in [-0.2, 0) is 14.3 Å². The molecule has 0 spiro atoms. The molecular formula is C22H25NO7. The van der Waals surface area contributed by atoms with Gasteiger partial charge in [0, 0.05) is 5.69 Å². The summed E-state index contributed by atoms with van der Waals surface area (Å²) in [5.74, 6) is -0.724. The normalized spacial score (nSPS) is 10.3. The number of ether oxygens (including phenoxy) is 4. The first-order valence-corrected chi connectivity index (χ1v) is 9.42. The lowest BCUT2D eigenvalue weighted by Gasteiger charge is -2.14. The van der Waals surface area contributed by atoms with Crippen molar-refractivity contribution >= 4 is 23.5 Å². The third kappa shape index (κ3) is 6.51. The maximum absolute atomic E-state index is 12.2. The molecule has 0 aliphatic heterocycles. The fourth-order valence-electron chi connectivity index (χ4n) is 2.46. The number of anilines is 1.